The number of halogens is 2. The number of nitrogens with zero attached hydrogens (tertiary/aromatic N) is 1. The van der Waals surface area contributed by atoms with E-state index in [2.05, 4.69) is 0 Å². The minimum atomic E-state index is -0.523. The van der Waals surface area contributed by atoms with E-state index in [0.717, 1.165) is 18.4 Å². The van der Waals surface area contributed by atoms with Crippen molar-refractivity contribution in [3.05, 3.63) is 33.8 Å². The van der Waals surface area contributed by atoms with Gasteiger partial charge in [0.25, 0.3) is 0 Å². The summed E-state index contributed by atoms with van der Waals surface area (Å²) in [5.74, 6) is 0. The molecule has 1 N–H and O–H groups in total. The first-order valence-electron chi connectivity index (χ1n) is 8.17. The molecule has 1 saturated carbocycles. The van der Waals surface area contributed by atoms with Gasteiger partial charge in [0.1, 0.15) is 5.60 Å². The summed E-state index contributed by atoms with van der Waals surface area (Å²) in [4.78, 5) is 14.1. The molecule has 0 aromatic heterocycles. The lowest BCUT2D eigenvalue weighted by molar-refractivity contribution is 0.00891. The van der Waals surface area contributed by atoms with Crippen LogP contribution in [0.25, 0.3) is 0 Å². The monoisotopic (exact) mass is 371 g/mol. The third-order valence-corrected chi connectivity index (χ3v) is 6.00. The van der Waals surface area contributed by atoms with Gasteiger partial charge in [0.2, 0.25) is 0 Å². The molecule has 4 nitrogen and oxygen atoms in total. The average molecular weight is 372 g/mol. The van der Waals surface area contributed by atoms with Crippen LogP contribution in [0.15, 0.2) is 18.2 Å². The Balaban J connectivity index is 1.81. The number of rotatable bonds is 2. The SMILES string of the molecule is CC(C)(C)OC(=O)N1CCC2(c3ccc(Cl)c(Cl)c3)CC2(CO)C1. The second-order valence-electron chi connectivity index (χ2n) is 7.98. The lowest BCUT2D eigenvalue weighted by atomic mass is 9.80. The van der Waals surface area contributed by atoms with Gasteiger partial charge >= 0.3 is 6.09 Å². The van der Waals surface area contributed by atoms with Gasteiger partial charge in [0.15, 0.2) is 0 Å². The Morgan fingerprint density at radius 3 is 2.62 bits per heavy atom. The maximum absolute atomic E-state index is 12.4. The van der Waals surface area contributed by atoms with Gasteiger partial charge < -0.3 is 14.7 Å². The van der Waals surface area contributed by atoms with E-state index < -0.39 is 5.60 Å². The molecule has 132 valence electrons. The van der Waals surface area contributed by atoms with Crippen LogP contribution >= 0.6 is 23.2 Å². The van der Waals surface area contributed by atoms with Crippen molar-refractivity contribution in [2.75, 3.05) is 19.7 Å². The highest BCUT2D eigenvalue weighted by Crippen LogP contribution is 2.68. The number of aliphatic hydroxyl groups is 1. The summed E-state index contributed by atoms with van der Waals surface area (Å²) in [7, 11) is 0. The minimum Gasteiger partial charge on any atom is -0.444 e. The number of carbonyl (C=O) groups excluding carboxylic acids is 1. The Morgan fingerprint density at radius 2 is 2.04 bits per heavy atom. The predicted octanol–water partition coefficient (Wildman–Crippen LogP) is 4.25. The topological polar surface area (TPSA) is 49.8 Å². The van der Waals surface area contributed by atoms with Gasteiger partial charge in [0, 0.05) is 23.9 Å². The highest BCUT2D eigenvalue weighted by atomic mass is 35.5. The molecule has 1 amide bonds. The Hall–Kier alpha value is -0.970. The Bertz CT molecular complexity index is 673. The van der Waals surface area contributed by atoms with Crippen LogP contribution in [0.4, 0.5) is 4.79 Å². The van der Waals surface area contributed by atoms with Crippen molar-refractivity contribution >= 4 is 29.3 Å². The van der Waals surface area contributed by atoms with Crippen LogP contribution in [-0.2, 0) is 10.2 Å². The molecule has 1 aliphatic carbocycles. The molecule has 2 atom stereocenters. The van der Waals surface area contributed by atoms with E-state index in [1.807, 2.05) is 32.9 Å². The van der Waals surface area contributed by atoms with Crippen molar-refractivity contribution in [1.82, 2.24) is 4.90 Å². The zero-order valence-electron chi connectivity index (χ0n) is 14.2. The fourth-order valence-corrected chi connectivity index (χ4v) is 4.25. The number of piperidine rings is 1. The second-order valence-corrected chi connectivity index (χ2v) is 8.79. The molecule has 2 fully saturated rings. The van der Waals surface area contributed by atoms with Crippen LogP contribution in [0.5, 0.6) is 0 Å². The van der Waals surface area contributed by atoms with Crippen molar-refractivity contribution in [3.8, 4) is 0 Å². The number of benzene rings is 1. The van der Waals surface area contributed by atoms with E-state index in [0.29, 0.717) is 23.1 Å². The van der Waals surface area contributed by atoms with Gasteiger partial charge in [-0.05, 0) is 51.3 Å². The fourth-order valence-electron chi connectivity index (χ4n) is 3.95. The van der Waals surface area contributed by atoms with E-state index >= 15 is 0 Å². The number of carbonyl (C=O) groups is 1. The standard InChI is InChI=1S/C18H23Cl2NO3/c1-16(2,3)24-15(23)21-7-6-18(9-17(18,10-21)11-22)12-4-5-13(19)14(20)8-12/h4-5,8,22H,6-7,9-11H2,1-3H3. The summed E-state index contributed by atoms with van der Waals surface area (Å²) >= 11 is 12.2. The molecular formula is C18H23Cl2NO3. The number of hydrogen-bond donors (Lipinski definition) is 1. The first kappa shape index (κ1) is 17.8. The van der Waals surface area contributed by atoms with E-state index in [1.54, 1.807) is 11.0 Å². The molecule has 1 aromatic carbocycles. The number of ether oxygens (including phenoxy) is 1. The Kier molecular flexibility index (Phi) is 4.30. The van der Waals surface area contributed by atoms with Crippen molar-refractivity contribution in [3.63, 3.8) is 0 Å². The largest absolute Gasteiger partial charge is 0.444 e. The van der Waals surface area contributed by atoms with Crippen LogP contribution in [0.2, 0.25) is 10.0 Å². The number of likely N-dealkylation sites (tertiary alicyclic amines) is 1. The molecule has 2 unspecified atom stereocenters. The third-order valence-electron chi connectivity index (χ3n) is 5.26. The number of hydrogen-bond acceptors (Lipinski definition) is 3. The molecular weight excluding hydrogens is 349 g/mol. The van der Waals surface area contributed by atoms with Crippen molar-refractivity contribution < 1.29 is 14.6 Å². The molecule has 0 radical (unpaired) electrons. The molecule has 2 aliphatic rings. The van der Waals surface area contributed by atoms with E-state index in [9.17, 15) is 9.90 Å². The van der Waals surface area contributed by atoms with Crippen LogP contribution in [0, 0.1) is 5.41 Å². The van der Waals surface area contributed by atoms with Gasteiger partial charge in [-0.3, -0.25) is 0 Å². The van der Waals surface area contributed by atoms with E-state index in [4.69, 9.17) is 27.9 Å². The van der Waals surface area contributed by atoms with Crippen LogP contribution < -0.4 is 0 Å². The third kappa shape index (κ3) is 2.89. The molecule has 6 heteroatoms. The average Bonchev–Trinajstić information content (AvgIpc) is 3.18. The Morgan fingerprint density at radius 1 is 1.33 bits per heavy atom. The first-order valence-corrected chi connectivity index (χ1v) is 8.92. The van der Waals surface area contributed by atoms with Gasteiger partial charge in [-0.2, -0.15) is 0 Å². The summed E-state index contributed by atoms with van der Waals surface area (Å²) < 4.78 is 5.47. The number of fused-ring (bicyclic) bond motifs is 1. The molecule has 24 heavy (non-hydrogen) atoms. The van der Waals surface area contributed by atoms with Gasteiger partial charge in [0.05, 0.1) is 16.7 Å². The van der Waals surface area contributed by atoms with Gasteiger partial charge in [-0.25, -0.2) is 4.79 Å². The Labute approximate surface area is 152 Å². The minimum absolute atomic E-state index is 0.0343. The normalized spacial score (nSPS) is 29.2. The van der Waals surface area contributed by atoms with Crippen molar-refractivity contribution in [2.45, 2.75) is 44.6 Å². The molecule has 1 heterocycles. The number of aliphatic hydroxyl groups excluding tert-OH is 1. The van der Waals surface area contributed by atoms with Crippen LogP contribution in [0.3, 0.4) is 0 Å². The molecule has 3 rings (SSSR count). The molecule has 1 aliphatic heterocycles. The lowest BCUT2D eigenvalue weighted by Gasteiger charge is -2.38. The smallest absolute Gasteiger partial charge is 0.410 e. The maximum atomic E-state index is 12.4. The van der Waals surface area contributed by atoms with Gasteiger partial charge in [-0.1, -0.05) is 29.3 Å². The first-order chi connectivity index (χ1) is 11.1. The summed E-state index contributed by atoms with van der Waals surface area (Å²) in [5, 5.41) is 11.1. The zero-order valence-corrected chi connectivity index (χ0v) is 15.7. The summed E-state index contributed by atoms with van der Waals surface area (Å²) in [6.07, 6.45) is 1.31. The van der Waals surface area contributed by atoms with E-state index in [1.165, 1.54) is 0 Å². The second kappa shape index (κ2) is 5.79. The zero-order chi connectivity index (χ0) is 17.8. The van der Waals surface area contributed by atoms with Crippen molar-refractivity contribution in [1.29, 1.82) is 0 Å². The van der Waals surface area contributed by atoms with Crippen LogP contribution in [-0.4, -0.2) is 41.4 Å². The highest BCUT2D eigenvalue weighted by Gasteiger charge is 2.70. The maximum Gasteiger partial charge on any atom is 0.410 e. The fraction of sp³-hybridized carbons (Fsp3) is 0.611. The van der Waals surface area contributed by atoms with Gasteiger partial charge in [-0.15, -0.1) is 0 Å². The summed E-state index contributed by atoms with van der Waals surface area (Å²) in [5.41, 5.74) is 0.119. The summed E-state index contributed by atoms with van der Waals surface area (Å²) in [6.45, 7) is 6.71. The quantitative estimate of drug-likeness (QED) is 0.844. The van der Waals surface area contributed by atoms with Crippen LogP contribution in [0.1, 0.15) is 39.2 Å². The molecule has 1 saturated heterocycles. The number of amides is 1. The molecule has 0 bridgehead atoms. The highest BCUT2D eigenvalue weighted by molar-refractivity contribution is 6.42. The molecule has 0 spiro atoms. The summed E-state index contributed by atoms with van der Waals surface area (Å²) in [6, 6.07) is 5.67. The predicted molar refractivity (Wildman–Crippen MR) is 94.7 cm³/mol. The van der Waals surface area contributed by atoms with E-state index in [-0.39, 0.29) is 23.5 Å². The lowest BCUT2D eigenvalue weighted by Crippen LogP contribution is -2.48. The van der Waals surface area contributed by atoms with Crippen molar-refractivity contribution in [2.24, 2.45) is 5.41 Å². The molecule has 1 aromatic rings.